The zero-order valence-electron chi connectivity index (χ0n) is 39.9. The van der Waals surface area contributed by atoms with Crippen molar-refractivity contribution in [1.29, 1.82) is 0 Å². The van der Waals surface area contributed by atoms with E-state index in [0.29, 0.717) is 31.6 Å². The third-order valence-corrected chi connectivity index (χ3v) is 13.3. The number of carbonyl (C=O) groups is 1. The summed E-state index contributed by atoms with van der Waals surface area (Å²) in [6, 6.07) is 25.4. The molecule has 1 aliphatic heterocycles. The van der Waals surface area contributed by atoms with Crippen molar-refractivity contribution in [1.82, 2.24) is 0 Å². The number of aryl methyl sites for hydroxylation is 1. The topological polar surface area (TPSA) is 186 Å². The van der Waals surface area contributed by atoms with Gasteiger partial charge in [-0.05, 0) is 122 Å². The number of rotatable bonds is 16. The van der Waals surface area contributed by atoms with Crippen LogP contribution in [0.4, 0.5) is 5.69 Å². The summed E-state index contributed by atoms with van der Waals surface area (Å²) in [5.74, 6) is 1.80. The number of ketones is 1. The molecule has 0 bridgehead atoms. The van der Waals surface area contributed by atoms with Crippen LogP contribution in [0.15, 0.2) is 125 Å². The Kier molecular flexibility index (Phi) is 19.2. The standard InChI is InChI=1S/C52H65NO5S.2O3S/c1-37-28-31-42-41(24-13-10-14-27-48(54)50(2,3)4)43(51(5,6)45(42)36-37)32-29-38-20-19-21-39(49(38)58-40-22-11-9-12-23-40)30-33-47-52(7,8)44-25-15-16-26-46(44)53(47)34-17-18-35-59(55,56)57;2*1-4(2)3/h9,11-12,15-16,22-23,25-26,28-33,36H,10,13-14,17-21,24,27,34-35H2,1-8H3,(H,55,56,57);;/b32-29+,39-30+,47-33+;;. The Balaban J connectivity index is 0.00000113. The molecule has 12 nitrogen and oxygen atoms in total. The van der Waals surface area contributed by atoms with Crippen LogP contribution in [-0.2, 0) is 47.0 Å². The van der Waals surface area contributed by atoms with Crippen LogP contribution < -0.4 is 9.64 Å². The van der Waals surface area contributed by atoms with Crippen molar-refractivity contribution >= 4 is 48.4 Å². The Morgan fingerprint density at radius 3 is 2.06 bits per heavy atom. The highest BCUT2D eigenvalue weighted by Gasteiger charge is 2.40. The van der Waals surface area contributed by atoms with Gasteiger partial charge >= 0.3 is 21.2 Å². The molecule has 0 saturated heterocycles. The van der Waals surface area contributed by atoms with Crippen molar-refractivity contribution in [3.63, 3.8) is 0 Å². The van der Waals surface area contributed by atoms with Crippen LogP contribution in [0.2, 0.25) is 0 Å². The number of hydrogen-bond acceptors (Lipinski definition) is 11. The monoisotopic (exact) mass is 975 g/mol. The third kappa shape index (κ3) is 15.4. The van der Waals surface area contributed by atoms with Gasteiger partial charge in [0.1, 0.15) is 17.3 Å². The van der Waals surface area contributed by atoms with Crippen LogP contribution in [0.25, 0.3) is 5.57 Å². The Labute approximate surface area is 400 Å². The molecule has 0 fully saturated rings. The van der Waals surface area contributed by atoms with Gasteiger partial charge in [0.15, 0.2) is 0 Å². The maximum absolute atomic E-state index is 12.6. The fourth-order valence-corrected chi connectivity index (χ4v) is 9.65. The van der Waals surface area contributed by atoms with Crippen molar-refractivity contribution < 1.29 is 47.8 Å². The van der Waals surface area contributed by atoms with Crippen molar-refractivity contribution in [3.8, 4) is 5.75 Å². The molecule has 0 spiro atoms. The van der Waals surface area contributed by atoms with Crippen LogP contribution in [-0.4, -0.2) is 56.3 Å². The number of fused-ring (bicyclic) bond motifs is 2. The molecule has 1 heterocycles. The van der Waals surface area contributed by atoms with E-state index in [4.69, 9.17) is 30.0 Å². The molecule has 3 aromatic carbocycles. The number of anilines is 1. The van der Waals surface area contributed by atoms with Crippen molar-refractivity contribution in [2.45, 2.75) is 130 Å². The first-order valence-corrected chi connectivity index (χ1v) is 26.3. The van der Waals surface area contributed by atoms with E-state index in [1.165, 1.54) is 39.0 Å². The zero-order chi connectivity index (χ0) is 49.7. The van der Waals surface area contributed by atoms with Gasteiger partial charge < -0.3 is 9.64 Å². The Bertz CT molecular complexity index is 2730. The van der Waals surface area contributed by atoms with Gasteiger partial charge in [-0.15, -0.1) is 25.3 Å². The Morgan fingerprint density at radius 2 is 1.42 bits per heavy atom. The number of Topliss-reactive ketones (excluding diaryl/α,β-unsaturated/α-hetero) is 1. The fraction of sp³-hybridized carbons (Fsp3) is 0.442. The minimum Gasteiger partial charge on any atom is -0.457 e. The average molecular weight is 976 g/mol. The predicted octanol–water partition coefficient (Wildman–Crippen LogP) is 10.9. The van der Waals surface area contributed by atoms with E-state index >= 15 is 0 Å². The van der Waals surface area contributed by atoms with Gasteiger partial charge in [0, 0.05) is 40.6 Å². The minimum atomic E-state index is -4.01. The van der Waals surface area contributed by atoms with E-state index in [-0.39, 0.29) is 22.0 Å². The van der Waals surface area contributed by atoms with E-state index in [1.807, 2.05) is 51.1 Å². The Morgan fingerprint density at radius 1 is 0.776 bits per heavy atom. The second-order valence-electron chi connectivity index (χ2n) is 19.2. The molecule has 2 aliphatic carbocycles. The molecule has 67 heavy (non-hydrogen) atoms. The largest absolute Gasteiger partial charge is 0.457 e. The molecular weight excluding hydrogens is 911 g/mol. The first kappa shape index (κ1) is 54.4. The molecular formula is C52H65NO11S3. The van der Waals surface area contributed by atoms with E-state index in [0.717, 1.165) is 73.4 Å². The van der Waals surface area contributed by atoms with Gasteiger partial charge in [-0.3, -0.25) is 9.35 Å². The zero-order valence-corrected chi connectivity index (χ0v) is 42.4. The first-order valence-electron chi connectivity index (χ1n) is 22.6. The third-order valence-electron chi connectivity index (χ3n) is 12.5. The van der Waals surface area contributed by atoms with Crippen LogP contribution >= 0.6 is 0 Å². The minimum absolute atomic E-state index is 0.165. The van der Waals surface area contributed by atoms with Gasteiger partial charge in [0.2, 0.25) is 0 Å². The summed E-state index contributed by atoms with van der Waals surface area (Å²) in [7, 11) is -10.2. The molecule has 0 aromatic heterocycles. The van der Waals surface area contributed by atoms with Gasteiger partial charge in [0.25, 0.3) is 10.1 Å². The van der Waals surface area contributed by atoms with E-state index in [2.05, 4.69) is 106 Å². The van der Waals surface area contributed by atoms with Crippen LogP contribution in [0.1, 0.15) is 135 Å². The summed E-state index contributed by atoms with van der Waals surface area (Å²) in [6.07, 6.45) is 17.6. The number of allylic oxidation sites excluding steroid dienone is 9. The highest BCUT2D eigenvalue weighted by Crippen LogP contribution is 2.50. The molecule has 0 unspecified atom stereocenters. The molecule has 3 aromatic rings. The smallest absolute Gasteiger partial charge is 0.425 e. The SMILES string of the molecule is Cc1ccc2c(c1)C(C)(C)C(/C=C/C1=C(Oc3ccccc3)C(=C/C=C3/N(CCCCS(=O)(=O)O)c4ccccc4C3(C)C)/CCC1)=C2CCCCCC(=O)C(C)(C)C.O=S(=O)=O.O=S(=O)=O. The molecule has 0 amide bonds. The normalized spacial score (nSPS) is 17.4. The maximum Gasteiger partial charge on any atom is 0.425 e. The lowest BCUT2D eigenvalue weighted by Gasteiger charge is -2.27. The van der Waals surface area contributed by atoms with Crippen molar-refractivity contribution in [2.24, 2.45) is 5.41 Å². The number of para-hydroxylation sites is 2. The van der Waals surface area contributed by atoms with E-state index in [9.17, 15) is 17.8 Å². The summed E-state index contributed by atoms with van der Waals surface area (Å²) < 4.78 is 89.9. The Hall–Kier alpha value is -5.22. The molecule has 0 saturated carbocycles. The average Bonchev–Trinajstić information content (AvgIpc) is 3.57. The lowest BCUT2D eigenvalue weighted by molar-refractivity contribution is -0.126. The highest BCUT2D eigenvalue weighted by molar-refractivity contribution is 7.85. The summed E-state index contributed by atoms with van der Waals surface area (Å²) in [5.41, 5.74) is 11.9. The first-order chi connectivity index (χ1) is 31.3. The lowest BCUT2D eigenvalue weighted by atomic mass is 9.80. The van der Waals surface area contributed by atoms with Gasteiger partial charge in [-0.25, -0.2) is 0 Å². The van der Waals surface area contributed by atoms with Crippen LogP contribution in [0.3, 0.4) is 0 Å². The second-order valence-corrected chi connectivity index (χ2v) is 21.6. The number of benzene rings is 3. The molecule has 362 valence electrons. The van der Waals surface area contributed by atoms with E-state index < -0.39 is 31.3 Å². The molecule has 0 radical (unpaired) electrons. The number of ether oxygens (including phenoxy) is 1. The lowest BCUT2D eigenvalue weighted by Crippen LogP contribution is -2.27. The number of nitrogens with zero attached hydrogens (tertiary/aromatic N) is 1. The molecule has 3 aliphatic rings. The number of carbonyl (C=O) groups excluding carboxylic acids is 1. The summed E-state index contributed by atoms with van der Waals surface area (Å²) in [6.45, 7) is 18.1. The van der Waals surface area contributed by atoms with Gasteiger partial charge in [-0.1, -0.05) is 133 Å². The highest BCUT2D eigenvalue weighted by atomic mass is 32.2. The van der Waals surface area contributed by atoms with Crippen molar-refractivity contribution in [2.75, 3.05) is 17.2 Å². The fourth-order valence-electron chi connectivity index (χ4n) is 9.08. The summed E-state index contributed by atoms with van der Waals surface area (Å²) >= 11 is 0. The molecule has 15 heteroatoms. The predicted molar refractivity (Wildman–Crippen MR) is 264 cm³/mol. The van der Waals surface area contributed by atoms with E-state index in [1.54, 1.807) is 0 Å². The quantitative estimate of drug-likeness (QED) is 0.106. The van der Waals surface area contributed by atoms with Crippen LogP contribution in [0, 0.1) is 12.3 Å². The number of hydrogen-bond donors (Lipinski definition) is 1. The summed E-state index contributed by atoms with van der Waals surface area (Å²) in [4.78, 5) is 14.9. The number of unbranched alkanes of at least 4 members (excludes halogenated alkanes) is 3. The summed E-state index contributed by atoms with van der Waals surface area (Å²) in [5, 5.41) is 0. The maximum atomic E-state index is 12.6. The van der Waals surface area contributed by atoms with Crippen molar-refractivity contribution in [3.05, 3.63) is 148 Å². The molecule has 1 N–H and O–H groups in total. The van der Waals surface area contributed by atoms with Gasteiger partial charge in [0.05, 0.1) is 5.75 Å². The van der Waals surface area contributed by atoms with Crippen LogP contribution in [0.5, 0.6) is 5.75 Å². The molecule has 0 atom stereocenters. The van der Waals surface area contributed by atoms with Gasteiger partial charge in [-0.2, -0.15) is 8.42 Å². The molecule has 6 rings (SSSR count). The second kappa shape index (κ2) is 23.7.